The molecule has 0 radical (unpaired) electrons. The first-order chi connectivity index (χ1) is 5.83. The average Bonchev–Trinajstić information content (AvgIpc) is 2.53. The number of likely N-dealkylation sites (tertiary alicyclic amines) is 1. The summed E-state index contributed by atoms with van der Waals surface area (Å²) in [6.45, 7) is 6.91. The molecule has 1 unspecified atom stereocenters. The Morgan fingerprint density at radius 2 is 2.08 bits per heavy atom. The molecule has 1 atom stereocenters. The zero-order valence-corrected chi connectivity index (χ0v) is 7.92. The van der Waals surface area contributed by atoms with Gasteiger partial charge in [0.05, 0.1) is 6.10 Å². The summed E-state index contributed by atoms with van der Waals surface area (Å²) in [6.07, 6.45) is 2.41. The van der Waals surface area contributed by atoms with Crippen molar-refractivity contribution in [3.8, 4) is 0 Å². The molecule has 3 heteroatoms. The van der Waals surface area contributed by atoms with Crippen LogP contribution in [-0.2, 0) is 0 Å². The van der Waals surface area contributed by atoms with Crippen molar-refractivity contribution < 1.29 is 5.11 Å². The second kappa shape index (κ2) is 5.51. The zero-order valence-electron chi connectivity index (χ0n) is 7.92. The van der Waals surface area contributed by atoms with Gasteiger partial charge < -0.3 is 15.3 Å². The fourth-order valence-electron chi connectivity index (χ4n) is 1.64. The maximum atomic E-state index is 9.54. The van der Waals surface area contributed by atoms with Crippen molar-refractivity contribution in [3.63, 3.8) is 0 Å². The highest BCUT2D eigenvalue weighted by molar-refractivity contribution is 4.71. The molecule has 2 N–H and O–H groups in total. The summed E-state index contributed by atoms with van der Waals surface area (Å²) >= 11 is 0. The van der Waals surface area contributed by atoms with E-state index in [0.717, 1.165) is 19.6 Å². The summed E-state index contributed by atoms with van der Waals surface area (Å²) in [7, 11) is 0. The predicted molar refractivity (Wildman–Crippen MR) is 50.2 cm³/mol. The largest absolute Gasteiger partial charge is 0.390 e. The highest BCUT2D eigenvalue weighted by Crippen LogP contribution is 2.07. The molecule has 0 aromatic rings. The minimum atomic E-state index is -0.192. The molecule has 12 heavy (non-hydrogen) atoms. The van der Waals surface area contributed by atoms with Crippen LogP contribution in [0.3, 0.4) is 0 Å². The molecule has 1 heterocycles. The molecule has 0 aliphatic carbocycles. The molecule has 1 aliphatic rings. The van der Waals surface area contributed by atoms with E-state index < -0.39 is 0 Å². The van der Waals surface area contributed by atoms with E-state index in [4.69, 9.17) is 0 Å². The highest BCUT2D eigenvalue weighted by Gasteiger charge is 2.14. The van der Waals surface area contributed by atoms with E-state index in [1.807, 2.05) is 0 Å². The molecule has 1 aliphatic heterocycles. The van der Waals surface area contributed by atoms with Gasteiger partial charge in [0.15, 0.2) is 0 Å². The Balaban J connectivity index is 2.03. The molecule has 1 saturated heterocycles. The van der Waals surface area contributed by atoms with Crippen molar-refractivity contribution in [2.45, 2.75) is 25.9 Å². The van der Waals surface area contributed by atoms with Gasteiger partial charge in [-0.2, -0.15) is 0 Å². The Bertz CT molecular complexity index is 113. The molecule has 0 amide bonds. The standard InChI is InChI=1S/C9H20N2O/c1-2-10-7-9(12)8-11-5-3-4-6-11/h9-10,12H,2-8H2,1H3. The van der Waals surface area contributed by atoms with Crippen molar-refractivity contribution in [2.24, 2.45) is 0 Å². The van der Waals surface area contributed by atoms with Crippen LogP contribution in [0.25, 0.3) is 0 Å². The number of hydrogen-bond acceptors (Lipinski definition) is 3. The fourth-order valence-corrected chi connectivity index (χ4v) is 1.64. The van der Waals surface area contributed by atoms with Crippen molar-refractivity contribution in [3.05, 3.63) is 0 Å². The maximum Gasteiger partial charge on any atom is 0.0791 e. The first-order valence-electron chi connectivity index (χ1n) is 4.94. The van der Waals surface area contributed by atoms with Gasteiger partial charge in [0.25, 0.3) is 0 Å². The van der Waals surface area contributed by atoms with Gasteiger partial charge in [0, 0.05) is 13.1 Å². The molecule has 3 nitrogen and oxygen atoms in total. The minimum absolute atomic E-state index is 0.192. The molecule has 1 fully saturated rings. The van der Waals surface area contributed by atoms with E-state index in [1.165, 1.54) is 25.9 Å². The van der Waals surface area contributed by atoms with E-state index in [2.05, 4.69) is 17.1 Å². The normalized spacial score (nSPS) is 21.5. The van der Waals surface area contributed by atoms with Crippen LogP contribution in [-0.4, -0.2) is 48.8 Å². The number of nitrogens with one attached hydrogen (secondary N) is 1. The van der Waals surface area contributed by atoms with Gasteiger partial charge in [-0.1, -0.05) is 6.92 Å². The Kier molecular flexibility index (Phi) is 4.58. The Labute approximate surface area is 74.8 Å². The van der Waals surface area contributed by atoms with E-state index in [-0.39, 0.29) is 6.10 Å². The highest BCUT2D eigenvalue weighted by atomic mass is 16.3. The number of β-amino-alcohol motifs (C(OH)–C–C–N with tert-alkyl or cyclic N) is 1. The molecule has 0 aromatic carbocycles. The molecular formula is C9H20N2O. The van der Waals surface area contributed by atoms with Gasteiger partial charge in [-0.25, -0.2) is 0 Å². The lowest BCUT2D eigenvalue weighted by molar-refractivity contribution is 0.124. The van der Waals surface area contributed by atoms with Crippen molar-refractivity contribution in [1.29, 1.82) is 0 Å². The lowest BCUT2D eigenvalue weighted by Gasteiger charge is -2.19. The van der Waals surface area contributed by atoms with Crippen LogP contribution in [0, 0.1) is 0 Å². The Hall–Kier alpha value is -0.120. The molecule has 0 saturated carbocycles. The van der Waals surface area contributed by atoms with Gasteiger partial charge in [-0.05, 0) is 32.5 Å². The smallest absolute Gasteiger partial charge is 0.0791 e. The summed E-state index contributed by atoms with van der Waals surface area (Å²) in [5.41, 5.74) is 0. The van der Waals surface area contributed by atoms with Crippen LogP contribution in [0.5, 0.6) is 0 Å². The lowest BCUT2D eigenvalue weighted by atomic mass is 10.3. The van der Waals surface area contributed by atoms with Crippen LogP contribution >= 0.6 is 0 Å². The first-order valence-corrected chi connectivity index (χ1v) is 4.94. The van der Waals surface area contributed by atoms with Crippen molar-refractivity contribution >= 4 is 0 Å². The average molecular weight is 172 g/mol. The second-order valence-electron chi connectivity index (χ2n) is 3.47. The van der Waals surface area contributed by atoms with E-state index in [9.17, 15) is 5.11 Å². The topological polar surface area (TPSA) is 35.5 Å². The summed E-state index contributed by atoms with van der Waals surface area (Å²) < 4.78 is 0. The van der Waals surface area contributed by atoms with Crippen LogP contribution in [0.4, 0.5) is 0 Å². The van der Waals surface area contributed by atoms with Crippen LogP contribution in [0.15, 0.2) is 0 Å². The van der Waals surface area contributed by atoms with Gasteiger partial charge in [-0.15, -0.1) is 0 Å². The Morgan fingerprint density at radius 3 is 2.67 bits per heavy atom. The monoisotopic (exact) mass is 172 g/mol. The summed E-state index contributed by atoms with van der Waals surface area (Å²) in [5.74, 6) is 0. The van der Waals surface area contributed by atoms with Gasteiger partial charge in [0.2, 0.25) is 0 Å². The minimum Gasteiger partial charge on any atom is -0.390 e. The molecular weight excluding hydrogens is 152 g/mol. The number of nitrogens with zero attached hydrogens (tertiary/aromatic N) is 1. The van der Waals surface area contributed by atoms with Crippen LogP contribution in [0.2, 0.25) is 0 Å². The number of aliphatic hydroxyl groups excluding tert-OH is 1. The molecule has 0 aromatic heterocycles. The lowest BCUT2D eigenvalue weighted by Crippen LogP contribution is -2.36. The number of likely N-dealkylation sites (N-methyl/N-ethyl adjacent to an activating group) is 1. The van der Waals surface area contributed by atoms with E-state index >= 15 is 0 Å². The van der Waals surface area contributed by atoms with Crippen molar-refractivity contribution in [2.75, 3.05) is 32.7 Å². The summed E-state index contributed by atoms with van der Waals surface area (Å²) in [5, 5.41) is 12.7. The van der Waals surface area contributed by atoms with Gasteiger partial charge in [0.1, 0.15) is 0 Å². The van der Waals surface area contributed by atoms with E-state index in [1.54, 1.807) is 0 Å². The molecule has 72 valence electrons. The SMILES string of the molecule is CCNCC(O)CN1CCCC1. The van der Waals surface area contributed by atoms with E-state index in [0.29, 0.717) is 0 Å². The number of aliphatic hydroxyl groups is 1. The molecule has 1 rings (SSSR count). The van der Waals surface area contributed by atoms with Gasteiger partial charge >= 0.3 is 0 Å². The third-order valence-corrected chi connectivity index (χ3v) is 2.30. The fraction of sp³-hybridized carbons (Fsp3) is 1.00. The van der Waals surface area contributed by atoms with Crippen LogP contribution in [0.1, 0.15) is 19.8 Å². The number of rotatable bonds is 5. The molecule has 0 spiro atoms. The zero-order chi connectivity index (χ0) is 8.81. The molecule has 0 bridgehead atoms. The second-order valence-corrected chi connectivity index (χ2v) is 3.47. The summed E-state index contributed by atoms with van der Waals surface area (Å²) in [4.78, 5) is 2.34. The van der Waals surface area contributed by atoms with Crippen LogP contribution < -0.4 is 5.32 Å². The third kappa shape index (κ3) is 3.52. The predicted octanol–water partition coefficient (Wildman–Crippen LogP) is 0.0526. The number of hydrogen-bond donors (Lipinski definition) is 2. The maximum absolute atomic E-state index is 9.54. The first kappa shape index (κ1) is 9.96. The van der Waals surface area contributed by atoms with Gasteiger partial charge in [-0.3, -0.25) is 0 Å². The van der Waals surface area contributed by atoms with Crippen molar-refractivity contribution in [1.82, 2.24) is 10.2 Å². The summed E-state index contributed by atoms with van der Waals surface area (Å²) in [6, 6.07) is 0. The third-order valence-electron chi connectivity index (χ3n) is 2.30. The quantitative estimate of drug-likeness (QED) is 0.615. The Morgan fingerprint density at radius 1 is 1.42 bits per heavy atom.